The molecule has 0 saturated carbocycles. The summed E-state index contributed by atoms with van der Waals surface area (Å²) in [5.74, 6) is -1.40. The van der Waals surface area contributed by atoms with E-state index in [0.29, 0.717) is 11.4 Å². The minimum Gasteiger partial charge on any atom is -0.273 e. The summed E-state index contributed by atoms with van der Waals surface area (Å²) in [6, 6.07) is 19.8. The van der Waals surface area contributed by atoms with Crippen molar-refractivity contribution in [3.63, 3.8) is 0 Å². The number of barbiturate groups is 1. The van der Waals surface area contributed by atoms with Gasteiger partial charge in [0.25, 0.3) is 11.8 Å². The van der Waals surface area contributed by atoms with E-state index in [2.05, 4.69) is 0 Å². The molecule has 1 aliphatic heterocycles. The van der Waals surface area contributed by atoms with Crippen molar-refractivity contribution >= 4 is 29.2 Å². The first kappa shape index (κ1) is 19.8. The zero-order chi connectivity index (χ0) is 20.9. The second kappa shape index (κ2) is 8.37. The lowest BCUT2D eigenvalue weighted by Gasteiger charge is -2.43. The van der Waals surface area contributed by atoms with Crippen LogP contribution in [0.1, 0.15) is 25.7 Å². The number of urea groups is 1. The lowest BCUT2D eigenvalue weighted by molar-refractivity contribution is -0.141. The molecule has 0 N–H and O–H groups in total. The van der Waals surface area contributed by atoms with Gasteiger partial charge in [0.2, 0.25) is 0 Å². The monoisotopic (exact) mass is 386 g/mol. The molecule has 3 rings (SSSR count). The van der Waals surface area contributed by atoms with Gasteiger partial charge in [-0.1, -0.05) is 36.4 Å². The smallest absolute Gasteiger partial charge is 0.273 e. The van der Waals surface area contributed by atoms with Gasteiger partial charge in [-0.05, 0) is 37.1 Å². The van der Waals surface area contributed by atoms with E-state index in [1.165, 1.54) is 0 Å². The Kier molecular flexibility index (Phi) is 5.71. The predicted octanol–water partition coefficient (Wildman–Crippen LogP) is 3.78. The Balaban J connectivity index is 2.20. The topological polar surface area (TPSA) is 105 Å². The van der Waals surface area contributed by atoms with E-state index in [-0.39, 0.29) is 25.7 Å². The first-order valence-corrected chi connectivity index (χ1v) is 9.14. The van der Waals surface area contributed by atoms with Gasteiger partial charge in [0.05, 0.1) is 23.5 Å². The molecule has 0 atom stereocenters. The molecule has 1 saturated heterocycles. The number of anilines is 2. The molecule has 29 heavy (non-hydrogen) atoms. The molecule has 0 radical (unpaired) electrons. The Morgan fingerprint density at radius 1 is 0.690 bits per heavy atom. The second-order valence-electron chi connectivity index (χ2n) is 6.63. The van der Waals surface area contributed by atoms with Crippen LogP contribution in [0.15, 0.2) is 60.7 Å². The average Bonchev–Trinajstić information content (AvgIpc) is 2.75. The molecule has 2 aromatic rings. The molecule has 0 bridgehead atoms. The van der Waals surface area contributed by atoms with Crippen LogP contribution in [0.25, 0.3) is 0 Å². The van der Waals surface area contributed by atoms with Crippen LogP contribution in [-0.4, -0.2) is 17.8 Å². The molecular weight excluding hydrogens is 368 g/mol. The van der Waals surface area contributed by atoms with Crippen LogP contribution < -0.4 is 9.80 Å². The van der Waals surface area contributed by atoms with E-state index < -0.39 is 23.3 Å². The van der Waals surface area contributed by atoms with Gasteiger partial charge in [0, 0.05) is 12.8 Å². The summed E-state index contributed by atoms with van der Waals surface area (Å²) in [5, 5.41) is 18.2. The van der Waals surface area contributed by atoms with Gasteiger partial charge >= 0.3 is 6.03 Å². The van der Waals surface area contributed by atoms with Crippen LogP contribution in [0.2, 0.25) is 0 Å². The summed E-state index contributed by atoms with van der Waals surface area (Å²) >= 11 is 0. The second-order valence-corrected chi connectivity index (χ2v) is 6.63. The molecule has 0 aliphatic carbocycles. The Morgan fingerprint density at radius 2 is 1.07 bits per heavy atom. The Labute approximate surface area is 168 Å². The van der Waals surface area contributed by atoms with Gasteiger partial charge in [0.15, 0.2) is 0 Å². The van der Waals surface area contributed by atoms with Crippen molar-refractivity contribution in [2.45, 2.75) is 25.7 Å². The highest BCUT2D eigenvalue weighted by atomic mass is 16.2. The summed E-state index contributed by atoms with van der Waals surface area (Å²) < 4.78 is 0. The molecule has 0 aromatic heterocycles. The summed E-state index contributed by atoms with van der Waals surface area (Å²) in [6.07, 6.45) is -0.240. The maximum atomic E-state index is 13.5. The number of benzene rings is 2. The maximum absolute atomic E-state index is 13.5. The first-order chi connectivity index (χ1) is 14.1. The van der Waals surface area contributed by atoms with E-state index >= 15 is 0 Å². The largest absolute Gasteiger partial charge is 0.342 e. The van der Waals surface area contributed by atoms with Gasteiger partial charge < -0.3 is 0 Å². The number of rotatable bonds is 6. The Morgan fingerprint density at radius 3 is 1.41 bits per heavy atom. The molecule has 2 aromatic carbocycles. The molecule has 1 heterocycles. The number of nitrogens with zero attached hydrogens (tertiary/aromatic N) is 4. The number of hydrogen-bond donors (Lipinski definition) is 0. The van der Waals surface area contributed by atoms with Crippen LogP contribution in [0.5, 0.6) is 0 Å². The zero-order valence-corrected chi connectivity index (χ0v) is 15.6. The summed E-state index contributed by atoms with van der Waals surface area (Å²) in [4.78, 5) is 42.2. The van der Waals surface area contributed by atoms with Gasteiger partial charge in [0.1, 0.15) is 5.41 Å². The minimum atomic E-state index is -1.66. The number of para-hydroxylation sites is 2. The van der Waals surface area contributed by atoms with Crippen molar-refractivity contribution in [3.8, 4) is 12.1 Å². The maximum Gasteiger partial charge on any atom is 0.342 e. The highest BCUT2D eigenvalue weighted by molar-refractivity contribution is 6.38. The molecule has 1 aliphatic rings. The summed E-state index contributed by atoms with van der Waals surface area (Å²) in [5.41, 5.74) is -1.01. The van der Waals surface area contributed by atoms with Gasteiger partial charge in [-0.15, -0.1) is 0 Å². The highest BCUT2D eigenvalue weighted by Crippen LogP contribution is 2.41. The van der Waals surface area contributed by atoms with E-state index in [1.807, 2.05) is 12.1 Å². The molecule has 144 valence electrons. The molecule has 4 amide bonds. The number of nitriles is 2. The number of carbonyl (C=O) groups excluding carboxylic acids is 3. The molecule has 7 heteroatoms. The van der Waals surface area contributed by atoms with Gasteiger partial charge in [-0.25, -0.2) is 14.6 Å². The Bertz CT molecular complexity index is 924. The Hall–Kier alpha value is -3.97. The third-order valence-electron chi connectivity index (χ3n) is 4.96. The van der Waals surface area contributed by atoms with Crippen molar-refractivity contribution in [1.29, 1.82) is 10.5 Å². The van der Waals surface area contributed by atoms with Crippen molar-refractivity contribution in [2.75, 3.05) is 9.80 Å². The quantitative estimate of drug-likeness (QED) is 0.703. The third kappa shape index (κ3) is 3.46. The molecular formula is C22H18N4O3. The number of imide groups is 2. The van der Waals surface area contributed by atoms with Crippen molar-refractivity contribution in [1.82, 2.24) is 0 Å². The predicted molar refractivity (Wildman–Crippen MR) is 105 cm³/mol. The van der Waals surface area contributed by atoms with E-state index in [9.17, 15) is 14.4 Å². The third-order valence-corrected chi connectivity index (χ3v) is 4.96. The van der Waals surface area contributed by atoms with E-state index in [1.54, 1.807) is 60.7 Å². The first-order valence-electron chi connectivity index (χ1n) is 9.14. The lowest BCUT2D eigenvalue weighted by atomic mass is 9.75. The van der Waals surface area contributed by atoms with Crippen molar-refractivity contribution in [3.05, 3.63) is 60.7 Å². The van der Waals surface area contributed by atoms with E-state index in [4.69, 9.17) is 10.5 Å². The summed E-state index contributed by atoms with van der Waals surface area (Å²) in [6.45, 7) is 0. The normalized spacial score (nSPS) is 15.7. The fraction of sp³-hybridized carbons (Fsp3) is 0.227. The summed E-state index contributed by atoms with van der Waals surface area (Å²) in [7, 11) is 0. The SMILES string of the molecule is N#CCCC1(CCC#N)C(=O)N(c2ccccc2)C(=O)N(c2ccccc2)C1=O. The van der Waals surface area contributed by atoms with Crippen LogP contribution in [0.3, 0.4) is 0 Å². The number of amides is 4. The van der Waals surface area contributed by atoms with E-state index in [0.717, 1.165) is 9.80 Å². The lowest BCUT2D eigenvalue weighted by Crippen LogP contribution is -2.66. The fourth-order valence-electron chi connectivity index (χ4n) is 3.49. The number of hydrogen-bond acceptors (Lipinski definition) is 5. The molecule has 7 nitrogen and oxygen atoms in total. The molecule has 0 spiro atoms. The van der Waals surface area contributed by atoms with Crippen LogP contribution in [0, 0.1) is 28.1 Å². The standard InChI is InChI=1S/C22H18N4O3/c23-15-7-13-22(14-8-16-24)19(27)25(17-9-3-1-4-10-17)21(29)26(20(22)28)18-11-5-2-6-12-18/h1-6,9-12H,7-8,13-14H2. The van der Waals surface area contributed by atoms with Crippen molar-refractivity contribution in [2.24, 2.45) is 5.41 Å². The fourth-order valence-corrected chi connectivity index (χ4v) is 3.49. The minimum absolute atomic E-state index is 0.0532. The zero-order valence-electron chi connectivity index (χ0n) is 15.6. The molecule has 0 unspecified atom stereocenters. The van der Waals surface area contributed by atoms with Gasteiger partial charge in [-0.3, -0.25) is 9.59 Å². The van der Waals surface area contributed by atoms with Crippen molar-refractivity contribution < 1.29 is 14.4 Å². The molecule has 1 fully saturated rings. The number of carbonyl (C=O) groups is 3. The van der Waals surface area contributed by atoms with Crippen LogP contribution in [-0.2, 0) is 9.59 Å². The van der Waals surface area contributed by atoms with Gasteiger partial charge in [-0.2, -0.15) is 10.5 Å². The van der Waals surface area contributed by atoms with Crippen LogP contribution in [0.4, 0.5) is 16.2 Å². The average molecular weight is 386 g/mol. The highest BCUT2D eigenvalue weighted by Gasteiger charge is 2.57. The van der Waals surface area contributed by atoms with Crippen LogP contribution >= 0.6 is 0 Å².